The minimum Gasteiger partial charge on any atom is -0.497 e. The molecule has 8 heteroatoms. The van der Waals surface area contributed by atoms with Gasteiger partial charge in [0.25, 0.3) is 0 Å². The molecule has 31 heavy (non-hydrogen) atoms. The van der Waals surface area contributed by atoms with Crippen molar-refractivity contribution in [2.75, 3.05) is 47.5 Å². The van der Waals surface area contributed by atoms with Crippen molar-refractivity contribution in [3.8, 4) is 28.6 Å². The van der Waals surface area contributed by atoms with E-state index in [9.17, 15) is 0 Å². The molecule has 1 aliphatic rings. The lowest BCUT2D eigenvalue weighted by molar-refractivity contribution is 0.111. The van der Waals surface area contributed by atoms with Gasteiger partial charge >= 0.3 is 0 Å². The predicted molar refractivity (Wildman–Crippen MR) is 116 cm³/mol. The van der Waals surface area contributed by atoms with Gasteiger partial charge in [0.2, 0.25) is 11.7 Å². The Labute approximate surface area is 182 Å². The lowest BCUT2D eigenvalue weighted by Crippen LogP contribution is -2.45. The summed E-state index contributed by atoms with van der Waals surface area (Å²) in [5.74, 6) is 3.71. The monoisotopic (exact) mass is 424 g/mol. The third kappa shape index (κ3) is 5.15. The summed E-state index contributed by atoms with van der Waals surface area (Å²) in [5, 5.41) is 4.13. The average molecular weight is 425 g/mol. The maximum absolute atomic E-state index is 5.51. The van der Waals surface area contributed by atoms with E-state index >= 15 is 0 Å². The number of hydrogen-bond donors (Lipinski definition) is 0. The van der Waals surface area contributed by atoms with Crippen molar-refractivity contribution in [1.29, 1.82) is 0 Å². The van der Waals surface area contributed by atoms with Gasteiger partial charge in [0.1, 0.15) is 17.2 Å². The summed E-state index contributed by atoms with van der Waals surface area (Å²) < 4.78 is 21.6. The molecule has 8 nitrogen and oxygen atoms in total. The third-order valence-electron chi connectivity index (χ3n) is 5.50. The van der Waals surface area contributed by atoms with Crippen molar-refractivity contribution < 1.29 is 18.7 Å². The van der Waals surface area contributed by atoms with Gasteiger partial charge in [0, 0.05) is 43.9 Å². The van der Waals surface area contributed by atoms with E-state index in [0.717, 1.165) is 61.1 Å². The number of aromatic nitrogens is 2. The SMILES string of the molecule is COc1cccc(-c2noc(CN3CCN(Cc4cc(OC)ccc4OC)CC3)n2)c1. The minimum absolute atomic E-state index is 0.581. The van der Waals surface area contributed by atoms with E-state index in [2.05, 4.69) is 19.9 Å². The molecule has 0 radical (unpaired) electrons. The molecule has 0 atom stereocenters. The molecule has 0 N–H and O–H groups in total. The number of hydrogen-bond acceptors (Lipinski definition) is 8. The Morgan fingerprint density at radius 1 is 0.839 bits per heavy atom. The zero-order chi connectivity index (χ0) is 21.6. The zero-order valence-electron chi connectivity index (χ0n) is 18.2. The second kappa shape index (κ2) is 9.80. The van der Waals surface area contributed by atoms with Crippen molar-refractivity contribution in [2.24, 2.45) is 0 Å². The van der Waals surface area contributed by atoms with Crippen LogP contribution in [0.1, 0.15) is 11.5 Å². The van der Waals surface area contributed by atoms with E-state index in [4.69, 9.17) is 18.7 Å². The first kappa shape index (κ1) is 21.1. The molecule has 0 spiro atoms. The Balaban J connectivity index is 1.32. The Morgan fingerprint density at radius 2 is 1.55 bits per heavy atom. The minimum atomic E-state index is 0.581. The van der Waals surface area contributed by atoms with Gasteiger partial charge in [-0.1, -0.05) is 17.3 Å². The molecular weight excluding hydrogens is 396 g/mol. The summed E-state index contributed by atoms with van der Waals surface area (Å²) in [6.45, 7) is 5.25. The van der Waals surface area contributed by atoms with Gasteiger partial charge in [-0.2, -0.15) is 4.98 Å². The van der Waals surface area contributed by atoms with E-state index in [-0.39, 0.29) is 0 Å². The zero-order valence-corrected chi connectivity index (χ0v) is 18.2. The van der Waals surface area contributed by atoms with Gasteiger partial charge in [-0.3, -0.25) is 9.80 Å². The highest BCUT2D eigenvalue weighted by Crippen LogP contribution is 2.26. The second-order valence-corrected chi connectivity index (χ2v) is 7.47. The molecule has 0 saturated carbocycles. The number of piperazine rings is 1. The first-order valence-electron chi connectivity index (χ1n) is 10.3. The van der Waals surface area contributed by atoms with Crippen molar-refractivity contribution in [2.45, 2.75) is 13.1 Å². The van der Waals surface area contributed by atoms with Crippen LogP contribution in [0.3, 0.4) is 0 Å². The Bertz CT molecular complexity index is 999. The van der Waals surface area contributed by atoms with Crippen LogP contribution in [0.15, 0.2) is 47.0 Å². The second-order valence-electron chi connectivity index (χ2n) is 7.47. The maximum Gasteiger partial charge on any atom is 0.241 e. The number of benzene rings is 2. The molecule has 3 aromatic rings. The fourth-order valence-electron chi connectivity index (χ4n) is 3.74. The normalized spacial score (nSPS) is 15.1. The lowest BCUT2D eigenvalue weighted by Gasteiger charge is -2.34. The standard InChI is InChI=1S/C23H28N4O4/c1-28-19-6-4-5-17(13-19)23-24-22(31-25-23)16-27-11-9-26(10-12-27)15-18-14-20(29-2)7-8-21(18)30-3/h4-8,13-14H,9-12,15-16H2,1-3H3. The van der Waals surface area contributed by atoms with Crippen molar-refractivity contribution in [3.63, 3.8) is 0 Å². The topological polar surface area (TPSA) is 73.1 Å². The number of methoxy groups -OCH3 is 3. The fraction of sp³-hybridized carbons (Fsp3) is 0.391. The molecule has 2 aromatic carbocycles. The molecular formula is C23H28N4O4. The van der Waals surface area contributed by atoms with Crippen LogP contribution in [-0.2, 0) is 13.1 Å². The predicted octanol–water partition coefficient (Wildman–Crippen LogP) is 3.08. The molecule has 1 aliphatic heterocycles. The molecule has 1 aromatic heterocycles. The smallest absolute Gasteiger partial charge is 0.241 e. The summed E-state index contributed by atoms with van der Waals surface area (Å²) in [7, 11) is 5.03. The van der Waals surface area contributed by atoms with Crippen LogP contribution >= 0.6 is 0 Å². The third-order valence-corrected chi connectivity index (χ3v) is 5.50. The van der Waals surface area contributed by atoms with E-state index in [1.807, 2.05) is 42.5 Å². The Morgan fingerprint density at radius 3 is 2.26 bits per heavy atom. The van der Waals surface area contributed by atoms with Crippen LogP contribution in [0.25, 0.3) is 11.4 Å². The van der Waals surface area contributed by atoms with Crippen LogP contribution in [-0.4, -0.2) is 67.4 Å². The van der Waals surface area contributed by atoms with Gasteiger partial charge in [-0.25, -0.2) is 0 Å². The lowest BCUT2D eigenvalue weighted by atomic mass is 10.1. The molecule has 0 bridgehead atoms. The van der Waals surface area contributed by atoms with Crippen molar-refractivity contribution >= 4 is 0 Å². The highest BCUT2D eigenvalue weighted by atomic mass is 16.5. The first-order valence-corrected chi connectivity index (χ1v) is 10.3. The van der Waals surface area contributed by atoms with Gasteiger partial charge in [0.05, 0.1) is 27.9 Å². The van der Waals surface area contributed by atoms with Gasteiger partial charge < -0.3 is 18.7 Å². The summed E-state index contributed by atoms with van der Waals surface area (Å²) in [4.78, 5) is 9.31. The number of nitrogens with zero attached hydrogens (tertiary/aromatic N) is 4. The van der Waals surface area contributed by atoms with E-state index < -0.39 is 0 Å². The van der Waals surface area contributed by atoms with Gasteiger partial charge in [-0.05, 0) is 30.3 Å². The molecule has 2 heterocycles. The Kier molecular flexibility index (Phi) is 6.69. The van der Waals surface area contributed by atoms with Crippen LogP contribution in [0.2, 0.25) is 0 Å². The molecule has 4 rings (SSSR count). The van der Waals surface area contributed by atoms with Crippen LogP contribution in [0.4, 0.5) is 0 Å². The van der Waals surface area contributed by atoms with Crippen LogP contribution in [0, 0.1) is 0 Å². The van der Waals surface area contributed by atoms with E-state index in [1.165, 1.54) is 0 Å². The number of rotatable bonds is 8. The molecule has 164 valence electrons. The molecule has 1 fully saturated rings. The quantitative estimate of drug-likeness (QED) is 0.546. The fourth-order valence-corrected chi connectivity index (χ4v) is 3.74. The first-order chi connectivity index (χ1) is 15.2. The largest absolute Gasteiger partial charge is 0.497 e. The average Bonchev–Trinajstić information content (AvgIpc) is 3.29. The van der Waals surface area contributed by atoms with Gasteiger partial charge in [-0.15, -0.1) is 0 Å². The molecule has 1 saturated heterocycles. The summed E-state index contributed by atoms with van der Waals surface area (Å²) in [6, 6.07) is 13.6. The van der Waals surface area contributed by atoms with Crippen molar-refractivity contribution in [3.05, 3.63) is 53.9 Å². The highest BCUT2D eigenvalue weighted by molar-refractivity contribution is 5.56. The number of ether oxygens (including phenoxy) is 3. The van der Waals surface area contributed by atoms with E-state index in [0.29, 0.717) is 18.3 Å². The highest BCUT2D eigenvalue weighted by Gasteiger charge is 2.21. The summed E-state index contributed by atoms with van der Waals surface area (Å²) in [5.41, 5.74) is 2.02. The van der Waals surface area contributed by atoms with E-state index in [1.54, 1.807) is 21.3 Å². The molecule has 0 aliphatic carbocycles. The Hall–Kier alpha value is -3.10. The molecule has 0 amide bonds. The van der Waals surface area contributed by atoms with Gasteiger partial charge in [0.15, 0.2) is 0 Å². The van der Waals surface area contributed by atoms with Crippen molar-refractivity contribution in [1.82, 2.24) is 19.9 Å². The van der Waals surface area contributed by atoms with Crippen LogP contribution < -0.4 is 14.2 Å². The maximum atomic E-state index is 5.51. The van der Waals surface area contributed by atoms with Crippen LogP contribution in [0.5, 0.6) is 17.2 Å². The summed E-state index contributed by atoms with van der Waals surface area (Å²) >= 11 is 0. The molecule has 0 unspecified atom stereocenters. The summed E-state index contributed by atoms with van der Waals surface area (Å²) in [6.07, 6.45) is 0.